The van der Waals surface area contributed by atoms with Crippen LogP contribution in [0.3, 0.4) is 0 Å². The maximum absolute atomic E-state index is 12.2. The van der Waals surface area contributed by atoms with E-state index >= 15 is 0 Å². The number of aryl methyl sites for hydroxylation is 1. The Kier molecular flexibility index (Phi) is 11.4. The van der Waals surface area contributed by atoms with Gasteiger partial charge in [0.1, 0.15) is 28.3 Å². The number of aliphatic hydroxyl groups excluding tert-OH is 1. The molecule has 0 fully saturated rings. The van der Waals surface area contributed by atoms with Gasteiger partial charge >= 0.3 is 0 Å². The fourth-order valence-corrected chi connectivity index (χ4v) is 6.27. The second-order valence-corrected chi connectivity index (χ2v) is 14.7. The summed E-state index contributed by atoms with van der Waals surface area (Å²) in [4.78, 5) is 16.9. The number of carbonyl (C=O) groups is 1. The number of nitrogens with zero attached hydrogens (tertiary/aromatic N) is 1. The summed E-state index contributed by atoms with van der Waals surface area (Å²) in [7, 11) is 0. The molecule has 0 amide bonds. The van der Waals surface area contributed by atoms with Gasteiger partial charge in [-0.3, -0.25) is 9.78 Å². The van der Waals surface area contributed by atoms with Crippen molar-refractivity contribution in [3.63, 3.8) is 0 Å². The van der Waals surface area contributed by atoms with Gasteiger partial charge < -0.3 is 13.9 Å². The number of ketones is 1. The predicted octanol–water partition coefficient (Wildman–Crippen LogP) is 12.6. The molecule has 0 aliphatic carbocycles. The molecular formula is C43H50IrNO4-. The normalized spacial score (nSPS) is 12.7. The largest absolute Gasteiger partial charge is 0.512 e. The van der Waals surface area contributed by atoms with E-state index in [1.807, 2.05) is 72.9 Å². The summed E-state index contributed by atoms with van der Waals surface area (Å²) >= 11 is 0. The van der Waals surface area contributed by atoms with Gasteiger partial charge in [-0.2, -0.15) is 0 Å². The number of aliphatic hydroxyl groups is 1. The molecule has 3 heterocycles. The van der Waals surface area contributed by atoms with Gasteiger partial charge in [-0.05, 0) is 62.3 Å². The van der Waals surface area contributed by atoms with Gasteiger partial charge in [0, 0.05) is 59.7 Å². The molecule has 6 aromatic rings. The first-order chi connectivity index (χ1) is 22.7. The molecule has 0 atom stereocenters. The van der Waals surface area contributed by atoms with E-state index in [-0.39, 0.29) is 47.9 Å². The number of carbonyl (C=O) groups excluding carboxylic acids is 1. The summed E-state index contributed by atoms with van der Waals surface area (Å²) in [5.41, 5.74) is 4.85. The number of rotatable bonds is 8. The number of allylic oxidation sites excluding steroid dienone is 2. The molecule has 3 aromatic carbocycles. The minimum absolute atomic E-state index is 0. The summed E-state index contributed by atoms with van der Waals surface area (Å²) in [6.45, 7) is 20.8. The molecule has 0 saturated carbocycles. The number of aromatic nitrogens is 1. The first-order valence-corrected chi connectivity index (χ1v) is 17.3. The van der Waals surface area contributed by atoms with Gasteiger partial charge in [0.05, 0.1) is 5.39 Å². The number of fused-ring (bicyclic) bond motifs is 6. The molecule has 1 N–H and O–H groups in total. The maximum Gasteiger partial charge on any atom is 0.164 e. The Hall–Kier alpha value is -3.73. The molecule has 1 radical (unpaired) electrons. The standard InChI is InChI=1S/C28H22NO2.C15H28O2.Ir/c1-16-13-18-9-10-23-24(26(18)30-16)21-11-12-29-25(27(21)31-23)19-14-17-7-5-6-8-20(17)22(15-19)28(2,3)4;1-7-14(5,8-2)12(16)11-13(17)15(6,9-3)10-4;/h5-13,15H,1-4H3;11,16H,7-10H2,1-6H3;/q-1;;/b;12-11-;. The van der Waals surface area contributed by atoms with E-state index in [2.05, 4.69) is 63.2 Å². The second kappa shape index (κ2) is 14.6. The first-order valence-electron chi connectivity index (χ1n) is 17.3. The molecule has 5 nitrogen and oxygen atoms in total. The fourth-order valence-electron chi connectivity index (χ4n) is 6.27. The minimum atomic E-state index is -0.337. The van der Waals surface area contributed by atoms with Gasteiger partial charge in [0.25, 0.3) is 0 Å². The predicted molar refractivity (Wildman–Crippen MR) is 200 cm³/mol. The second-order valence-electron chi connectivity index (χ2n) is 14.7. The molecule has 0 saturated heterocycles. The third kappa shape index (κ3) is 7.28. The Morgan fingerprint density at radius 2 is 1.49 bits per heavy atom. The van der Waals surface area contributed by atoms with Crippen molar-refractivity contribution in [3.05, 3.63) is 90.0 Å². The van der Waals surface area contributed by atoms with Crippen LogP contribution < -0.4 is 0 Å². The van der Waals surface area contributed by atoms with Crippen LogP contribution >= 0.6 is 0 Å². The van der Waals surface area contributed by atoms with E-state index in [9.17, 15) is 9.90 Å². The number of pyridine rings is 1. The van der Waals surface area contributed by atoms with E-state index < -0.39 is 0 Å². The molecule has 0 spiro atoms. The SMILES string of the molecule is CCC(C)(CC)C(=O)/C=C(\O)C(C)(CC)CC.Cc1cc2ccc3oc4c(-c5[c-]c6ccccc6c(C(C)(C)C)c5)nccc4c3c2o1.[Ir]. The third-order valence-electron chi connectivity index (χ3n) is 10.6. The fraction of sp³-hybridized carbons (Fsp3) is 0.395. The molecule has 6 heteroatoms. The molecule has 0 bridgehead atoms. The molecule has 6 rings (SSSR count). The van der Waals surface area contributed by atoms with Gasteiger partial charge in [-0.25, -0.2) is 0 Å². The van der Waals surface area contributed by atoms with E-state index in [1.165, 1.54) is 17.0 Å². The Bertz CT molecular complexity index is 2130. The summed E-state index contributed by atoms with van der Waals surface area (Å²) in [6.07, 6.45) is 6.60. The Balaban J connectivity index is 0.000000260. The van der Waals surface area contributed by atoms with Crippen molar-refractivity contribution in [2.24, 2.45) is 10.8 Å². The third-order valence-corrected chi connectivity index (χ3v) is 10.6. The number of hydrogen-bond donors (Lipinski definition) is 1. The van der Waals surface area contributed by atoms with E-state index in [0.29, 0.717) is 0 Å². The van der Waals surface area contributed by atoms with Gasteiger partial charge in [-0.15, -0.1) is 29.1 Å². The molecular weight excluding hydrogens is 787 g/mol. The zero-order valence-electron chi connectivity index (χ0n) is 30.6. The van der Waals surface area contributed by atoms with Crippen molar-refractivity contribution in [2.45, 2.75) is 100 Å². The van der Waals surface area contributed by atoms with Gasteiger partial charge in [0.15, 0.2) is 5.78 Å². The van der Waals surface area contributed by atoms with Crippen LogP contribution in [0.5, 0.6) is 0 Å². The van der Waals surface area contributed by atoms with Crippen LogP contribution in [-0.2, 0) is 30.3 Å². The van der Waals surface area contributed by atoms with Crippen molar-refractivity contribution >= 4 is 49.5 Å². The van der Waals surface area contributed by atoms with Crippen molar-refractivity contribution in [1.82, 2.24) is 4.98 Å². The Labute approximate surface area is 304 Å². The molecule has 3 aromatic heterocycles. The number of furan rings is 2. The van der Waals surface area contributed by atoms with Crippen molar-refractivity contribution in [3.8, 4) is 11.3 Å². The van der Waals surface area contributed by atoms with Crippen molar-refractivity contribution in [2.75, 3.05) is 0 Å². The average molecular weight is 837 g/mol. The monoisotopic (exact) mass is 837 g/mol. The van der Waals surface area contributed by atoms with E-state index in [1.54, 1.807) is 0 Å². The van der Waals surface area contributed by atoms with Crippen LogP contribution in [-0.4, -0.2) is 15.9 Å². The Morgan fingerprint density at radius 1 is 0.837 bits per heavy atom. The van der Waals surface area contributed by atoms with Crippen LogP contribution in [0.25, 0.3) is 54.9 Å². The summed E-state index contributed by atoms with van der Waals surface area (Å²) in [5, 5.41) is 15.5. The Morgan fingerprint density at radius 3 is 2.12 bits per heavy atom. The number of benzene rings is 3. The van der Waals surface area contributed by atoms with E-state index in [0.717, 1.165) is 81.0 Å². The van der Waals surface area contributed by atoms with Crippen molar-refractivity contribution in [1.29, 1.82) is 0 Å². The summed E-state index contributed by atoms with van der Waals surface area (Å²) in [5.74, 6) is 1.18. The zero-order chi connectivity index (χ0) is 35.0. The molecule has 49 heavy (non-hydrogen) atoms. The maximum atomic E-state index is 12.2. The van der Waals surface area contributed by atoms with Crippen molar-refractivity contribution < 1.29 is 38.8 Å². The summed E-state index contributed by atoms with van der Waals surface area (Å²) < 4.78 is 12.4. The summed E-state index contributed by atoms with van der Waals surface area (Å²) in [6, 6.07) is 22.3. The quantitative estimate of drug-likeness (QED) is 0.0939. The molecule has 0 aliphatic heterocycles. The molecule has 0 unspecified atom stereocenters. The zero-order valence-corrected chi connectivity index (χ0v) is 33.0. The smallest absolute Gasteiger partial charge is 0.164 e. The van der Waals surface area contributed by atoms with Crippen LogP contribution in [0.4, 0.5) is 0 Å². The van der Waals surface area contributed by atoms with Gasteiger partial charge in [-0.1, -0.05) is 91.5 Å². The van der Waals surface area contributed by atoms with Gasteiger partial charge in [0.2, 0.25) is 0 Å². The average Bonchev–Trinajstić information content (AvgIpc) is 3.66. The first kappa shape index (κ1) is 38.1. The van der Waals surface area contributed by atoms with Crippen LogP contribution in [0.1, 0.15) is 99.3 Å². The van der Waals surface area contributed by atoms with Crippen LogP contribution in [0.15, 0.2) is 81.5 Å². The van der Waals surface area contributed by atoms with Crippen LogP contribution in [0.2, 0.25) is 0 Å². The van der Waals surface area contributed by atoms with Crippen LogP contribution in [0, 0.1) is 23.8 Å². The molecule has 0 aliphatic rings. The topological polar surface area (TPSA) is 76.5 Å². The number of hydrogen-bond acceptors (Lipinski definition) is 5. The molecule has 261 valence electrons. The van der Waals surface area contributed by atoms with E-state index in [4.69, 9.17) is 13.8 Å². The minimum Gasteiger partial charge on any atom is -0.512 e.